The molecule has 4 heteroatoms. The zero-order valence-corrected chi connectivity index (χ0v) is 11.1. The van der Waals surface area contributed by atoms with Crippen molar-refractivity contribution in [2.75, 3.05) is 0 Å². The zero-order valence-electron chi connectivity index (χ0n) is 8.70. The van der Waals surface area contributed by atoms with Gasteiger partial charge in [-0.1, -0.05) is 0 Å². The van der Waals surface area contributed by atoms with Crippen LogP contribution in [-0.2, 0) is 0 Å². The topological polar surface area (TPSA) is 39.6 Å². The van der Waals surface area contributed by atoms with Crippen molar-refractivity contribution in [3.63, 3.8) is 0 Å². The highest BCUT2D eigenvalue weighted by molar-refractivity contribution is 9.11. The lowest BCUT2D eigenvalue weighted by Crippen LogP contribution is -1.75. The van der Waals surface area contributed by atoms with Gasteiger partial charge in [-0.3, -0.25) is 0 Å². The van der Waals surface area contributed by atoms with Gasteiger partial charge in [-0.25, -0.2) is 0 Å². The molecule has 3 rings (SSSR count). The second kappa shape index (κ2) is 4.02. The lowest BCUT2D eigenvalue weighted by molar-refractivity contribution is 1.46. The summed E-state index contributed by atoms with van der Waals surface area (Å²) in [6.07, 6.45) is 1.98. The van der Waals surface area contributed by atoms with Crippen LogP contribution in [-0.4, -0.2) is 4.98 Å². The third-order valence-corrected chi connectivity index (χ3v) is 4.41. The van der Waals surface area contributed by atoms with Gasteiger partial charge in [0, 0.05) is 28.2 Å². The Morgan fingerprint density at radius 1 is 1.24 bits per heavy atom. The number of aromatic amines is 1. The molecule has 82 valence electrons. The minimum absolute atomic E-state index is 0.685. The van der Waals surface area contributed by atoms with Crippen LogP contribution in [0, 0.1) is 11.3 Å². The van der Waals surface area contributed by atoms with E-state index in [-0.39, 0.29) is 0 Å². The minimum Gasteiger partial charge on any atom is -0.361 e. The molecule has 0 aliphatic carbocycles. The van der Waals surface area contributed by atoms with Gasteiger partial charge in [-0.15, -0.1) is 11.3 Å². The lowest BCUT2D eigenvalue weighted by atomic mass is 10.1. The van der Waals surface area contributed by atoms with Gasteiger partial charge in [-0.05, 0) is 45.6 Å². The van der Waals surface area contributed by atoms with Gasteiger partial charge in [0.1, 0.15) is 0 Å². The van der Waals surface area contributed by atoms with Crippen molar-refractivity contribution in [3.8, 4) is 17.2 Å². The summed E-state index contributed by atoms with van der Waals surface area (Å²) in [5, 5.41) is 12.1. The molecule has 1 aromatic carbocycles. The highest BCUT2D eigenvalue weighted by atomic mass is 79.9. The quantitative estimate of drug-likeness (QED) is 0.705. The van der Waals surface area contributed by atoms with E-state index < -0.39 is 0 Å². The van der Waals surface area contributed by atoms with E-state index >= 15 is 0 Å². The summed E-state index contributed by atoms with van der Waals surface area (Å²) in [6.45, 7) is 0. The molecule has 0 spiro atoms. The Bertz CT molecular complexity index is 733. The number of aromatic nitrogens is 1. The maximum Gasteiger partial charge on any atom is 0.0991 e. The molecule has 0 aliphatic rings. The number of H-pyrrole nitrogens is 1. The van der Waals surface area contributed by atoms with Crippen LogP contribution in [0.4, 0.5) is 0 Å². The number of hydrogen-bond donors (Lipinski definition) is 1. The third kappa shape index (κ3) is 1.68. The van der Waals surface area contributed by atoms with Gasteiger partial charge in [-0.2, -0.15) is 5.26 Å². The van der Waals surface area contributed by atoms with Crippen molar-refractivity contribution in [2.45, 2.75) is 0 Å². The highest BCUT2D eigenvalue weighted by Gasteiger charge is 2.10. The van der Waals surface area contributed by atoms with E-state index in [0.29, 0.717) is 5.56 Å². The van der Waals surface area contributed by atoms with Crippen LogP contribution in [0.3, 0.4) is 0 Å². The summed E-state index contributed by atoms with van der Waals surface area (Å²) in [5.41, 5.74) is 4.03. The fraction of sp³-hybridized carbons (Fsp3) is 0. The Morgan fingerprint density at radius 2 is 2.12 bits per heavy atom. The number of rotatable bonds is 1. The van der Waals surface area contributed by atoms with Gasteiger partial charge in [0.2, 0.25) is 0 Å². The monoisotopic (exact) mass is 302 g/mol. The van der Waals surface area contributed by atoms with E-state index in [9.17, 15) is 0 Å². The van der Waals surface area contributed by atoms with Crippen LogP contribution in [0.1, 0.15) is 5.56 Å². The maximum atomic E-state index is 8.94. The third-order valence-electron chi connectivity index (χ3n) is 2.72. The Kier molecular flexibility index (Phi) is 2.50. The van der Waals surface area contributed by atoms with E-state index in [4.69, 9.17) is 5.26 Å². The van der Waals surface area contributed by atoms with Crippen molar-refractivity contribution in [1.82, 2.24) is 4.98 Å². The van der Waals surface area contributed by atoms with E-state index in [1.807, 2.05) is 29.8 Å². The lowest BCUT2D eigenvalue weighted by Gasteiger charge is -1.97. The number of nitriles is 1. The SMILES string of the molecule is N#Cc1ccc2[nH]cc(-c3ccsc3Br)c2c1. The Hall–Kier alpha value is -1.57. The molecule has 2 aromatic heterocycles. The van der Waals surface area contributed by atoms with Gasteiger partial charge in [0.05, 0.1) is 15.4 Å². The summed E-state index contributed by atoms with van der Waals surface area (Å²) in [5.74, 6) is 0. The number of thiophene rings is 1. The molecular weight excluding hydrogens is 296 g/mol. The molecule has 0 unspecified atom stereocenters. The highest BCUT2D eigenvalue weighted by Crippen LogP contribution is 2.37. The molecule has 0 radical (unpaired) electrons. The van der Waals surface area contributed by atoms with Crippen molar-refractivity contribution >= 4 is 38.2 Å². The largest absolute Gasteiger partial charge is 0.361 e. The molecule has 2 heterocycles. The first-order valence-corrected chi connectivity index (χ1v) is 6.71. The Labute approximate surface area is 111 Å². The van der Waals surface area contributed by atoms with Gasteiger partial charge < -0.3 is 4.98 Å². The number of nitrogens with one attached hydrogen (secondary N) is 1. The number of nitrogens with zero attached hydrogens (tertiary/aromatic N) is 1. The molecule has 0 saturated carbocycles. The average Bonchev–Trinajstić information content (AvgIpc) is 2.94. The first-order valence-electron chi connectivity index (χ1n) is 5.04. The summed E-state index contributed by atoms with van der Waals surface area (Å²) in [7, 11) is 0. The van der Waals surface area contributed by atoms with Gasteiger partial charge in [0.25, 0.3) is 0 Å². The molecule has 0 atom stereocenters. The number of hydrogen-bond acceptors (Lipinski definition) is 2. The van der Waals surface area contributed by atoms with E-state index in [1.54, 1.807) is 11.3 Å². The molecule has 3 aromatic rings. The molecule has 0 fully saturated rings. The van der Waals surface area contributed by atoms with Crippen LogP contribution < -0.4 is 0 Å². The Morgan fingerprint density at radius 3 is 2.82 bits per heavy atom. The van der Waals surface area contributed by atoms with Crippen LogP contribution in [0.25, 0.3) is 22.0 Å². The predicted octanol–water partition coefficient (Wildman–Crippen LogP) is 4.53. The van der Waals surface area contributed by atoms with Crippen molar-refractivity contribution in [3.05, 3.63) is 45.2 Å². The summed E-state index contributed by atoms with van der Waals surface area (Å²) in [6, 6.07) is 9.94. The zero-order chi connectivity index (χ0) is 11.8. The standard InChI is InChI=1S/C13H7BrN2S/c14-13-9(3-4-17-13)11-7-16-12-2-1-8(6-15)5-10(11)12/h1-5,7,16H. The van der Waals surface area contributed by atoms with Crippen LogP contribution in [0.2, 0.25) is 0 Å². The minimum atomic E-state index is 0.685. The second-order valence-electron chi connectivity index (χ2n) is 3.68. The molecule has 0 bridgehead atoms. The van der Waals surface area contributed by atoms with Gasteiger partial charge in [0.15, 0.2) is 0 Å². The van der Waals surface area contributed by atoms with Crippen LogP contribution >= 0.6 is 27.3 Å². The summed E-state index contributed by atoms with van der Waals surface area (Å²) in [4.78, 5) is 3.23. The van der Waals surface area contributed by atoms with Crippen LogP contribution in [0.5, 0.6) is 0 Å². The first kappa shape index (κ1) is 10.6. The van der Waals surface area contributed by atoms with Crippen molar-refractivity contribution in [1.29, 1.82) is 5.26 Å². The van der Waals surface area contributed by atoms with E-state index in [2.05, 4.69) is 33.0 Å². The number of halogens is 1. The molecular formula is C13H7BrN2S. The van der Waals surface area contributed by atoms with Crippen molar-refractivity contribution < 1.29 is 0 Å². The summed E-state index contributed by atoms with van der Waals surface area (Å²) >= 11 is 5.21. The van der Waals surface area contributed by atoms with Gasteiger partial charge >= 0.3 is 0 Å². The van der Waals surface area contributed by atoms with Crippen LogP contribution in [0.15, 0.2) is 39.6 Å². The average molecular weight is 303 g/mol. The first-order chi connectivity index (χ1) is 8.29. The molecule has 0 saturated heterocycles. The molecule has 0 amide bonds. The second-order valence-corrected chi connectivity index (χ2v) is 5.92. The normalized spacial score (nSPS) is 10.6. The molecule has 17 heavy (non-hydrogen) atoms. The fourth-order valence-corrected chi connectivity index (χ4v) is 3.20. The smallest absolute Gasteiger partial charge is 0.0991 e. The molecule has 1 N–H and O–H groups in total. The number of benzene rings is 1. The number of fused-ring (bicyclic) bond motifs is 1. The maximum absolute atomic E-state index is 8.94. The Balaban J connectivity index is 2.31. The molecule has 2 nitrogen and oxygen atoms in total. The fourth-order valence-electron chi connectivity index (χ4n) is 1.90. The predicted molar refractivity (Wildman–Crippen MR) is 74.0 cm³/mol. The summed E-state index contributed by atoms with van der Waals surface area (Å²) < 4.78 is 1.11. The van der Waals surface area contributed by atoms with E-state index in [0.717, 1.165) is 25.8 Å². The van der Waals surface area contributed by atoms with E-state index in [1.165, 1.54) is 0 Å². The molecule has 0 aliphatic heterocycles. The van der Waals surface area contributed by atoms with Crippen molar-refractivity contribution in [2.24, 2.45) is 0 Å².